The Balaban J connectivity index is 1.61. The Morgan fingerprint density at radius 1 is 0.808 bits per heavy atom. The topological polar surface area (TPSA) is 28.5 Å². The summed E-state index contributed by atoms with van der Waals surface area (Å²) in [6.45, 7) is 0. The van der Waals surface area contributed by atoms with E-state index in [1.54, 1.807) is 11.3 Å². The van der Waals surface area contributed by atoms with E-state index in [9.17, 15) is 0 Å². The van der Waals surface area contributed by atoms with E-state index in [1.165, 1.54) is 15.8 Å². The van der Waals surface area contributed by atoms with Gasteiger partial charge in [0.15, 0.2) is 0 Å². The molecule has 0 saturated heterocycles. The lowest BCUT2D eigenvalue weighted by Gasteiger charge is -2.21. The summed E-state index contributed by atoms with van der Waals surface area (Å²) in [4.78, 5) is 4.84. The van der Waals surface area contributed by atoms with Gasteiger partial charge in [-0.05, 0) is 23.3 Å². The number of anilines is 1. The molecule has 0 aliphatic carbocycles. The van der Waals surface area contributed by atoms with Crippen LogP contribution in [-0.4, -0.2) is 10.7 Å². The highest BCUT2D eigenvalue weighted by Crippen LogP contribution is 2.39. The monoisotopic (exact) mass is 355 g/mol. The average molecular weight is 355 g/mol. The molecule has 126 valence electrons. The molecule has 0 amide bonds. The summed E-state index contributed by atoms with van der Waals surface area (Å²) in [5, 5.41) is 8.03. The molecular formula is C22H17N3S. The highest BCUT2D eigenvalue weighted by molar-refractivity contribution is 7.22. The number of hydrazone groups is 1. The number of nitrogens with zero attached hydrogens (tertiary/aromatic N) is 3. The number of hydrogen-bond acceptors (Lipinski definition) is 4. The minimum atomic E-state index is 0.173. The smallest absolute Gasteiger partial charge is 0.207 e. The Bertz CT molecular complexity index is 1040. The van der Waals surface area contributed by atoms with E-state index in [1.807, 2.05) is 12.1 Å². The highest BCUT2D eigenvalue weighted by Gasteiger charge is 2.31. The maximum Gasteiger partial charge on any atom is 0.207 e. The van der Waals surface area contributed by atoms with Crippen LogP contribution in [0.1, 0.15) is 23.6 Å². The van der Waals surface area contributed by atoms with Gasteiger partial charge in [-0.2, -0.15) is 5.10 Å². The van der Waals surface area contributed by atoms with E-state index in [0.29, 0.717) is 0 Å². The first-order chi connectivity index (χ1) is 12.9. The maximum absolute atomic E-state index is 4.98. The second kappa shape index (κ2) is 6.39. The largest absolute Gasteiger partial charge is 0.231 e. The number of hydrogen-bond donors (Lipinski definition) is 0. The molecule has 0 N–H and O–H groups in total. The number of rotatable bonds is 3. The van der Waals surface area contributed by atoms with Crippen molar-refractivity contribution >= 4 is 32.4 Å². The minimum absolute atomic E-state index is 0.173. The van der Waals surface area contributed by atoms with Crippen molar-refractivity contribution in [1.82, 2.24) is 4.98 Å². The second-order valence-corrected chi connectivity index (χ2v) is 7.36. The molecule has 2 heterocycles. The minimum Gasteiger partial charge on any atom is -0.231 e. The third kappa shape index (κ3) is 2.68. The Morgan fingerprint density at radius 2 is 1.50 bits per heavy atom. The van der Waals surface area contributed by atoms with Crippen LogP contribution in [-0.2, 0) is 0 Å². The Labute approximate surface area is 156 Å². The molecular weight excluding hydrogens is 338 g/mol. The molecule has 1 unspecified atom stereocenters. The van der Waals surface area contributed by atoms with Gasteiger partial charge in [-0.3, -0.25) is 0 Å². The first kappa shape index (κ1) is 15.3. The van der Waals surface area contributed by atoms with Crippen molar-refractivity contribution in [2.75, 3.05) is 5.01 Å². The third-order valence-corrected chi connectivity index (χ3v) is 5.71. The first-order valence-electron chi connectivity index (χ1n) is 8.71. The molecule has 5 rings (SSSR count). The van der Waals surface area contributed by atoms with Crippen LogP contribution in [0, 0.1) is 0 Å². The summed E-state index contributed by atoms with van der Waals surface area (Å²) >= 11 is 1.70. The molecule has 3 aromatic carbocycles. The summed E-state index contributed by atoms with van der Waals surface area (Å²) in [6, 6.07) is 29.4. The van der Waals surface area contributed by atoms with E-state index in [4.69, 9.17) is 10.1 Å². The van der Waals surface area contributed by atoms with Crippen LogP contribution < -0.4 is 5.01 Å². The molecule has 4 aromatic rings. The maximum atomic E-state index is 4.98. The molecule has 1 aliphatic rings. The van der Waals surface area contributed by atoms with Gasteiger partial charge in [-0.15, -0.1) is 0 Å². The van der Waals surface area contributed by atoms with Crippen LogP contribution in [0.5, 0.6) is 0 Å². The summed E-state index contributed by atoms with van der Waals surface area (Å²) in [5.74, 6) is 0. The molecule has 0 bridgehead atoms. The Hall–Kier alpha value is -2.98. The molecule has 1 aromatic heterocycles. The molecule has 0 fully saturated rings. The summed E-state index contributed by atoms with van der Waals surface area (Å²) in [6.07, 6.45) is 0.879. The van der Waals surface area contributed by atoms with Crippen molar-refractivity contribution in [3.8, 4) is 0 Å². The van der Waals surface area contributed by atoms with Crippen LogP contribution in [0.4, 0.5) is 5.13 Å². The van der Waals surface area contributed by atoms with Gasteiger partial charge in [-0.25, -0.2) is 9.99 Å². The fourth-order valence-electron chi connectivity index (χ4n) is 3.38. The zero-order valence-corrected chi connectivity index (χ0v) is 14.9. The van der Waals surface area contributed by atoms with Gasteiger partial charge >= 0.3 is 0 Å². The molecule has 0 radical (unpaired) electrons. The molecule has 0 saturated carbocycles. The highest BCUT2D eigenvalue weighted by atomic mass is 32.1. The number of thiazole rings is 1. The standard InChI is InChI=1S/C22H17N3S/c1-3-9-16(10-4-1)19-15-20(17-11-5-2-6-12-17)25(24-19)22-23-18-13-7-8-14-21(18)26-22/h1-14,20H,15H2. The van der Waals surface area contributed by atoms with Crippen molar-refractivity contribution < 1.29 is 0 Å². The Morgan fingerprint density at radius 3 is 2.27 bits per heavy atom. The van der Waals surface area contributed by atoms with Gasteiger partial charge in [0.25, 0.3) is 0 Å². The van der Waals surface area contributed by atoms with E-state index in [0.717, 1.165) is 22.8 Å². The SMILES string of the molecule is c1ccc(C2=NN(c3nc4ccccc4s3)C(c3ccccc3)C2)cc1. The van der Waals surface area contributed by atoms with Crippen molar-refractivity contribution in [2.24, 2.45) is 5.10 Å². The van der Waals surface area contributed by atoms with Crippen LogP contribution in [0.2, 0.25) is 0 Å². The van der Waals surface area contributed by atoms with Gasteiger partial charge < -0.3 is 0 Å². The van der Waals surface area contributed by atoms with Crippen LogP contribution in [0.3, 0.4) is 0 Å². The van der Waals surface area contributed by atoms with Crippen LogP contribution >= 0.6 is 11.3 Å². The van der Waals surface area contributed by atoms with Gasteiger partial charge in [0.05, 0.1) is 22.0 Å². The number of para-hydroxylation sites is 1. The first-order valence-corrected chi connectivity index (χ1v) is 9.53. The van der Waals surface area contributed by atoms with E-state index in [-0.39, 0.29) is 6.04 Å². The molecule has 3 nitrogen and oxygen atoms in total. The lowest BCUT2D eigenvalue weighted by Crippen LogP contribution is -2.18. The fraction of sp³-hybridized carbons (Fsp3) is 0.0909. The second-order valence-electron chi connectivity index (χ2n) is 6.35. The van der Waals surface area contributed by atoms with E-state index >= 15 is 0 Å². The van der Waals surface area contributed by atoms with Crippen molar-refractivity contribution in [3.05, 3.63) is 96.1 Å². The van der Waals surface area contributed by atoms with Crippen LogP contribution in [0.15, 0.2) is 90.0 Å². The third-order valence-electron chi connectivity index (χ3n) is 4.68. The molecule has 26 heavy (non-hydrogen) atoms. The summed E-state index contributed by atoms with van der Waals surface area (Å²) < 4.78 is 1.19. The normalized spacial score (nSPS) is 16.8. The van der Waals surface area contributed by atoms with Crippen molar-refractivity contribution in [2.45, 2.75) is 12.5 Å². The predicted octanol–water partition coefficient (Wildman–Crippen LogP) is 5.65. The summed E-state index contributed by atoms with van der Waals surface area (Å²) in [5.41, 5.74) is 4.58. The van der Waals surface area contributed by atoms with Crippen LogP contribution in [0.25, 0.3) is 10.2 Å². The van der Waals surface area contributed by atoms with Gasteiger partial charge in [-0.1, -0.05) is 84.1 Å². The van der Waals surface area contributed by atoms with E-state index in [2.05, 4.69) is 77.8 Å². The zero-order valence-electron chi connectivity index (χ0n) is 14.1. The number of benzene rings is 3. The fourth-order valence-corrected chi connectivity index (χ4v) is 4.35. The van der Waals surface area contributed by atoms with Gasteiger partial charge in [0.2, 0.25) is 5.13 Å². The lowest BCUT2D eigenvalue weighted by atomic mass is 9.99. The van der Waals surface area contributed by atoms with Crippen molar-refractivity contribution in [1.29, 1.82) is 0 Å². The number of aromatic nitrogens is 1. The van der Waals surface area contributed by atoms with Gasteiger partial charge in [0, 0.05) is 6.42 Å². The zero-order chi connectivity index (χ0) is 17.3. The lowest BCUT2D eigenvalue weighted by molar-refractivity contribution is 0.707. The molecule has 1 atom stereocenters. The predicted molar refractivity (Wildman–Crippen MR) is 109 cm³/mol. The van der Waals surface area contributed by atoms with Gasteiger partial charge in [0.1, 0.15) is 0 Å². The molecule has 1 aliphatic heterocycles. The average Bonchev–Trinajstić information content (AvgIpc) is 3.33. The quantitative estimate of drug-likeness (QED) is 0.475. The van der Waals surface area contributed by atoms with E-state index < -0.39 is 0 Å². The molecule has 0 spiro atoms. The Kier molecular flexibility index (Phi) is 3.76. The molecule has 4 heteroatoms. The number of fused-ring (bicyclic) bond motifs is 1. The summed E-state index contributed by atoms with van der Waals surface area (Å²) in [7, 11) is 0. The van der Waals surface area contributed by atoms with Crippen molar-refractivity contribution in [3.63, 3.8) is 0 Å².